The minimum absolute atomic E-state index is 0.193. The van der Waals surface area contributed by atoms with Gasteiger partial charge in [0.15, 0.2) is 0 Å². The first kappa shape index (κ1) is 28.9. The molecule has 0 N–H and O–H groups in total. The van der Waals surface area contributed by atoms with Gasteiger partial charge in [-0.05, 0) is 93.1 Å². The summed E-state index contributed by atoms with van der Waals surface area (Å²) >= 11 is 0. The van der Waals surface area contributed by atoms with E-state index >= 15 is 0 Å². The van der Waals surface area contributed by atoms with Crippen LogP contribution in [0.25, 0.3) is 0 Å². The van der Waals surface area contributed by atoms with Crippen molar-refractivity contribution >= 4 is 39.6 Å². The summed E-state index contributed by atoms with van der Waals surface area (Å²) in [4.78, 5) is 44.8. The fraction of sp³-hybridized carbons (Fsp3) is 0.364. The van der Waals surface area contributed by atoms with Crippen LogP contribution >= 0.6 is 0 Å². The van der Waals surface area contributed by atoms with Crippen LogP contribution in [0.1, 0.15) is 75.6 Å². The molecule has 0 unspecified atom stereocenters. The number of carbonyl (C=O) groups excluding carboxylic acids is 3. The molecule has 0 saturated carbocycles. The zero-order valence-electron chi connectivity index (χ0n) is 24.0. The second-order valence-electron chi connectivity index (χ2n) is 11.0. The smallest absolute Gasteiger partial charge is 0.292 e. The molecule has 2 aliphatic heterocycles. The molecule has 0 bridgehead atoms. The number of piperidine rings is 1. The van der Waals surface area contributed by atoms with E-state index in [-0.39, 0.29) is 11.8 Å². The first-order valence-electron chi connectivity index (χ1n) is 14.4. The van der Waals surface area contributed by atoms with Crippen LogP contribution in [-0.4, -0.2) is 46.2 Å². The Bertz CT molecular complexity index is 1420. The lowest BCUT2D eigenvalue weighted by Crippen LogP contribution is -2.43. The van der Waals surface area contributed by atoms with E-state index in [0.29, 0.717) is 35.3 Å². The zero-order valence-corrected chi connectivity index (χ0v) is 25.0. The molecular formula is C33H36N3O4Si. The van der Waals surface area contributed by atoms with Gasteiger partial charge in [-0.15, -0.1) is 0 Å². The van der Waals surface area contributed by atoms with Crippen LogP contribution in [0, 0.1) is 19.8 Å². The lowest BCUT2D eigenvalue weighted by atomic mass is 9.93. The maximum absolute atomic E-state index is 14.0. The number of hydrogen-bond acceptors (Lipinski definition) is 5. The molecule has 2 heterocycles. The van der Waals surface area contributed by atoms with Crippen molar-refractivity contribution in [3.05, 3.63) is 94.0 Å². The van der Waals surface area contributed by atoms with Crippen LogP contribution in [-0.2, 0) is 22.3 Å². The fourth-order valence-corrected chi connectivity index (χ4v) is 6.16. The van der Waals surface area contributed by atoms with E-state index in [1.54, 1.807) is 24.3 Å². The summed E-state index contributed by atoms with van der Waals surface area (Å²) in [6, 6.07) is 19.1. The first-order chi connectivity index (χ1) is 19.8. The molecular weight excluding hydrogens is 530 g/mol. The van der Waals surface area contributed by atoms with Gasteiger partial charge in [-0.25, -0.2) is 4.90 Å². The molecule has 7 nitrogen and oxygen atoms in total. The van der Waals surface area contributed by atoms with Gasteiger partial charge < -0.3 is 4.53 Å². The molecule has 0 aliphatic carbocycles. The maximum Gasteiger partial charge on any atom is 0.292 e. The molecule has 0 aromatic heterocycles. The summed E-state index contributed by atoms with van der Waals surface area (Å²) in [5.41, 5.74) is 5.62. The number of imide groups is 1. The molecule has 3 aromatic rings. The highest BCUT2D eigenvalue weighted by atomic mass is 28.2. The number of carbonyl (C=O) groups is 3. The molecule has 3 radical (unpaired) electrons. The van der Waals surface area contributed by atoms with Crippen LogP contribution < -0.4 is 9.96 Å². The second kappa shape index (κ2) is 12.5. The third kappa shape index (κ3) is 5.64. The number of aryl methyl sites for hydroxylation is 1. The quantitative estimate of drug-likeness (QED) is 0.189. The molecule has 5 rings (SSSR count). The number of amides is 3. The zero-order chi connectivity index (χ0) is 29.1. The van der Waals surface area contributed by atoms with Crippen LogP contribution in [0.5, 0.6) is 0 Å². The molecule has 41 heavy (non-hydrogen) atoms. The van der Waals surface area contributed by atoms with Crippen molar-refractivity contribution in [2.24, 2.45) is 5.92 Å². The monoisotopic (exact) mass is 566 g/mol. The highest BCUT2D eigenvalue weighted by Crippen LogP contribution is 2.42. The summed E-state index contributed by atoms with van der Waals surface area (Å²) in [7, 11) is 3.16. The van der Waals surface area contributed by atoms with Gasteiger partial charge in [0, 0.05) is 12.5 Å². The Balaban J connectivity index is 1.47. The summed E-state index contributed by atoms with van der Waals surface area (Å²) in [6.45, 7) is 8.49. The highest BCUT2D eigenvalue weighted by Gasteiger charge is 2.41. The molecule has 211 valence electrons. The minimum Gasteiger partial charge on any atom is -0.315 e. The number of anilines is 2. The van der Waals surface area contributed by atoms with Gasteiger partial charge in [0.05, 0.1) is 22.5 Å². The van der Waals surface area contributed by atoms with Crippen LogP contribution in [0.15, 0.2) is 60.7 Å². The van der Waals surface area contributed by atoms with E-state index in [9.17, 15) is 14.4 Å². The van der Waals surface area contributed by atoms with Gasteiger partial charge >= 0.3 is 0 Å². The SMILES string of the molecule is CCCCc1cc(N(O[Si])C(=O)C2CCN(Cc3ccccc3)CC2)c(N2C(=O)c3ccccc3C2=O)c(C)c1C. The summed E-state index contributed by atoms with van der Waals surface area (Å²) < 4.78 is 5.60. The number of fused-ring (bicyclic) bond motifs is 1. The Labute approximate surface area is 245 Å². The van der Waals surface area contributed by atoms with Crippen molar-refractivity contribution in [3.63, 3.8) is 0 Å². The average Bonchev–Trinajstić information content (AvgIpc) is 3.24. The normalized spacial score (nSPS) is 15.9. The van der Waals surface area contributed by atoms with E-state index in [1.807, 2.05) is 38.1 Å². The maximum atomic E-state index is 14.0. The molecule has 3 amide bonds. The number of hydroxylamine groups is 1. The van der Waals surface area contributed by atoms with Crippen LogP contribution in [0.2, 0.25) is 0 Å². The van der Waals surface area contributed by atoms with E-state index in [1.165, 1.54) is 15.5 Å². The molecule has 1 saturated heterocycles. The van der Waals surface area contributed by atoms with Gasteiger partial charge in [-0.1, -0.05) is 55.8 Å². The van der Waals surface area contributed by atoms with Crippen molar-refractivity contribution in [1.82, 2.24) is 4.90 Å². The Morgan fingerprint density at radius 1 is 0.951 bits per heavy atom. The van der Waals surface area contributed by atoms with Crippen LogP contribution in [0.3, 0.4) is 0 Å². The lowest BCUT2D eigenvalue weighted by Gasteiger charge is -2.35. The summed E-state index contributed by atoms with van der Waals surface area (Å²) in [6.07, 6.45) is 4.20. The van der Waals surface area contributed by atoms with E-state index in [4.69, 9.17) is 4.53 Å². The Morgan fingerprint density at radius 2 is 1.56 bits per heavy atom. The predicted octanol–water partition coefficient (Wildman–Crippen LogP) is 5.71. The van der Waals surface area contributed by atoms with Crippen molar-refractivity contribution in [3.8, 4) is 0 Å². The second-order valence-corrected chi connectivity index (χ2v) is 11.2. The van der Waals surface area contributed by atoms with E-state index < -0.39 is 11.8 Å². The van der Waals surface area contributed by atoms with Gasteiger partial charge in [-0.3, -0.25) is 19.3 Å². The van der Waals surface area contributed by atoms with Crippen LogP contribution in [0.4, 0.5) is 11.4 Å². The summed E-state index contributed by atoms with van der Waals surface area (Å²) in [5, 5.41) is 1.25. The van der Waals surface area contributed by atoms with Gasteiger partial charge in [0.1, 0.15) is 0 Å². The third-order valence-corrected chi connectivity index (χ3v) is 8.65. The van der Waals surface area contributed by atoms with Gasteiger partial charge in [-0.2, -0.15) is 5.06 Å². The number of benzene rings is 3. The topological polar surface area (TPSA) is 70.2 Å². The molecule has 0 atom stereocenters. The van der Waals surface area contributed by atoms with Crippen molar-refractivity contribution in [2.45, 2.75) is 59.4 Å². The van der Waals surface area contributed by atoms with Crippen molar-refractivity contribution in [2.75, 3.05) is 23.1 Å². The Hall–Kier alpha value is -3.59. The number of hydrogen-bond donors (Lipinski definition) is 0. The Morgan fingerprint density at radius 3 is 2.15 bits per heavy atom. The van der Waals surface area contributed by atoms with Crippen molar-refractivity contribution in [1.29, 1.82) is 0 Å². The number of likely N-dealkylation sites (tertiary alicyclic amines) is 1. The minimum atomic E-state index is -0.397. The molecule has 8 heteroatoms. The third-order valence-electron chi connectivity index (χ3n) is 8.47. The van der Waals surface area contributed by atoms with Gasteiger partial charge in [0.2, 0.25) is 0 Å². The van der Waals surface area contributed by atoms with E-state index in [0.717, 1.165) is 55.6 Å². The van der Waals surface area contributed by atoms with E-state index in [2.05, 4.69) is 34.4 Å². The molecule has 0 spiro atoms. The number of nitrogens with zero attached hydrogens (tertiary/aromatic N) is 3. The highest BCUT2D eigenvalue weighted by molar-refractivity contribution is 6.35. The largest absolute Gasteiger partial charge is 0.315 e. The van der Waals surface area contributed by atoms with Gasteiger partial charge in [0.25, 0.3) is 28.2 Å². The average molecular weight is 567 g/mol. The predicted molar refractivity (Wildman–Crippen MR) is 161 cm³/mol. The standard InChI is InChI=1S/C33H36N3O4Si/c1-4-5-13-26-20-29(30(23(3)22(26)2)35-32(38)27-14-9-10-15-28(27)33(35)39)36(40-41)31(37)25-16-18-34(19-17-25)21-24-11-7-6-8-12-24/h6-12,14-15,20,25H,4-5,13,16-19,21H2,1-3H3. The summed E-state index contributed by atoms with van der Waals surface area (Å²) in [5.74, 6) is -1.24. The number of rotatable bonds is 9. The molecule has 1 fully saturated rings. The Kier molecular flexibility index (Phi) is 8.82. The fourth-order valence-electron chi connectivity index (χ4n) is 5.97. The first-order valence-corrected chi connectivity index (χ1v) is 14.8. The number of unbranched alkanes of at least 4 members (excludes halogenated alkanes) is 1. The van der Waals surface area contributed by atoms with Crippen molar-refractivity contribution < 1.29 is 18.9 Å². The lowest BCUT2D eigenvalue weighted by molar-refractivity contribution is -0.128. The molecule has 3 aromatic carbocycles. The molecule has 2 aliphatic rings.